The number of hydrogen-bond acceptors (Lipinski definition) is 6. The first-order chi connectivity index (χ1) is 16.0. The molecule has 3 N–H and O–H groups in total. The van der Waals surface area contributed by atoms with Gasteiger partial charge in [0.15, 0.2) is 4.90 Å². The monoisotopic (exact) mass is 486 g/mol. The van der Waals surface area contributed by atoms with Gasteiger partial charge >= 0.3 is 5.69 Å². The van der Waals surface area contributed by atoms with Crippen LogP contribution >= 0.6 is 0 Å². The molecular formula is C23H26N4O6S. The van der Waals surface area contributed by atoms with Crippen LogP contribution in [0.15, 0.2) is 56.9 Å². The van der Waals surface area contributed by atoms with Crippen LogP contribution in [0.25, 0.3) is 0 Å². The minimum atomic E-state index is -4.54. The van der Waals surface area contributed by atoms with Gasteiger partial charge in [0.1, 0.15) is 12.3 Å². The lowest BCUT2D eigenvalue weighted by molar-refractivity contribution is -0.114. The Balaban J connectivity index is 2.04. The summed E-state index contributed by atoms with van der Waals surface area (Å²) in [5, 5.41) is 2.70. The molecule has 11 heteroatoms. The summed E-state index contributed by atoms with van der Waals surface area (Å²) in [6.07, 6.45) is 0. The standard InChI is InChI=1S/C23H26N4O6S/c1-5-33-19-8-6-18(7-9-19)27(13-20(28)25-17-11-14(2)10-15(3)12-17)34(31,32)21-16(4)24-23(30)26-22(21)29/h6-12H,5,13H2,1-4H3,(H,25,28)(H2,24,26,29,30). The van der Waals surface area contributed by atoms with Crippen molar-refractivity contribution in [3.8, 4) is 5.75 Å². The van der Waals surface area contributed by atoms with Crippen LogP contribution in [0.3, 0.4) is 0 Å². The van der Waals surface area contributed by atoms with Crippen molar-refractivity contribution >= 4 is 27.3 Å². The maximum atomic E-state index is 13.6. The molecule has 0 bridgehead atoms. The summed E-state index contributed by atoms with van der Waals surface area (Å²) in [6.45, 7) is 6.69. The van der Waals surface area contributed by atoms with Gasteiger partial charge in [0, 0.05) is 11.4 Å². The third-order valence-corrected chi connectivity index (χ3v) is 6.78. The van der Waals surface area contributed by atoms with Crippen LogP contribution in [0.5, 0.6) is 5.75 Å². The molecular weight excluding hydrogens is 460 g/mol. The topological polar surface area (TPSA) is 141 Å². The number of carbonyl (C=O) groups is 1. The second kappa shape index (κ2) is 9.96. The largest absolute Gasteiger partial charge is 0.494 e. The maximum absolute atomic E-state index is 13.6. The third kappa shape index (κ3) is 5.54. The van der Waals surface area contributed by atoms with Crippen molar-refractivity contribution in [2.75, 3.05) is 22.8 Å². The van der Waals surface area contributed by atoms with E-state index in [4.69, 9.17) is 4.74 Å². The number of carbonyl (C=O) groups excluding carboxylic acids is 1. The Morgan fingerprint density at radius 2 is 1.62 bits per heavy atom. The van der Waals surface area contributed by atoms with Gasteiger partial charge in [-0.1, -0.05) is 6.07 Å². The molecule has 0 aliphatic heterocycles. The molecule has 0 saturated carbocycles. The predicted octanol–water partition coefficient (Wildman–Crippen LogP) is 2.22. The highest BCUT2D eigenvalue weighted by Crippen LogP contribution is 2.25. The number of nitrogens with one attached hydrogen (secondary N) is 3. The number of sulfonamides is 1. The summed E-state index contributed by atoms with van der Waals surface area (Å²) in [7, 11) is -4.54. The summed E-state index contributed by atoms with van der Waals surface area (Å²) >= 11 is 0. The number of aryl methyl sites for hydroxylation is 3. The van der Waals surface area contributed by atoms with Crippen molar-refractivity contribution in [1.82, 2.24) is 9.97 Å². The van der Waals surface area contributed by atoms with E-state index in [-0.39, 0.29) is 11.4 Å². The minimum Gasteiger partial charge on any atom is -0.494 e. The van der Waals surface area contributed by atoms with Gasteiger partial charge in [0.2, 0.25) is 5.91 Å². The van der Waals surface area contributed by atoms with Crippen molar-refractivity contribution in [3.05, 3.63) is 80.1 Å². The fourth-order valence-corrected chi connectivity index (χ4v) is 5.21. The Morgan fingerprint density at radius 3 is 2.18 bits per heavy atom. The molecule has 0 unspecified atom stereocenters. The maximum Gasteiger partial charge on any atom is 0.325 e. The van der Waals surface area contributed by atoms with E-state index in [9.17, 15) is 22.8 Å². The normalized spacial score (nSPS) is 11.2. The zero-order valence-corrected chi connectivity index (χ0v) is 20.1. The number of H-pyrrole nitrogens is 2. The molecule has 0 aliphatic carbocycles. The molecule has 1 aromatic heterocycles. The molecule has 0 aliphatic rings. The van der Waals surface area contributed by atoms with Gasteiger partial charge < -0.3 is 15.0 Å². The Kier molecular flexibility index (Phi) is 7.26. The molecule has 0 spiro atoms. The highest BCUT2D eigenvalue weighted by atomic mass is 32.2. The van der Waals surface area contributed by atoms with Crippen LogP contribution < -0.4 is 25.6 Å². The molecule has 3 rings (SSSR count). The molecule has 1 heterocycles. The van der Waals surface area contributed by atoms with E-state index in [1.54, 1.807) is 24.3 Å². The van der Waals surface area contributed by atoms with Crippen molar-refractivity contribution in [1.29, 1.82) is 0 Å². The van der Waals surface area contributed by atoms with Gasteiger partial charge in [-0.3, -0.25) is 18.9 Å². The van der Waals surface area contributed by atoms with Crippen molar-refractivity contribution in [2.24, 2.45) is 0 Å². The van der Waals surface area contributed by atoms with Gasteiger partial charge in [-0.25, -0.2) is 13.2 Å². The van der Waals surface area contributed by atoms with E-state index < -0.39 is 38.6 Å². The smallest absolute Gasteiger partial charge is 0.325 e. The first kappa shape index (κ1) is 24.8. The average molecular weight is 487 g/mol. The van der Waals surface area contributed by atoms with Crippen LogP contribution in [0.4, 0.5) is 11.4 Å². The van der Waals surface area contributed by atoms with E-state index in [2.05, 4.69) is 10.3 Å². The van der Waals surface area contributed by atoms with Crippen molar-refractivity contribution in [2.45, 2.75) is 32.6 Å². The van der Waals surface area contributed by atoms with Crippen LogP contribution in [0.1, 0.15) is 23.7 Å². The summed E-state index contributed by atoms with van der Waals surface area (Å²) in [5.74, 6) is -0.0951. The summed E-state index contributed by atoms with van der Waals surface area (Å²) in [4.78, 5) is 40.5. The van der Waals surface area contributed by atoms with Gasteiger partial charge in [-0.2, -0.15) is 0 Å². The average Bonchev–Trinajstić information content (AvgIpc) is 2.71. The SMILES string of the molecule is CCOc1ccc(N(CC(=O)Nc2cc(C)cc(C)c2)S(=O)(=O)c2c(C)[nH]c(=O)[nH]c2=O)cc1. The molecule has 34 heavy (non-hydrogen) atoms. The van der Waals surface area contributed by atoms with E-state index >= 15 is 0 Å². The lowest BCUT2D eigenvalue weighted by Gasteiger charge is -2.24. The number of aromatic amines is 2. The number of anilines is 2. The fourth-order valence-electron chi connectivity index (χ4n) is 3.58. The Bertz CT molecular complexity index is 1400. The molecule has 0 radical (unpaired) electrons. The number of aromatic nitrogens is 2. The Labute approximate surface area is 196 Å². The van der Waals surface area contributed by atoms with E-state index in [0.717, 1.165) is 15.4 Å². The molecule has 0 fully saturated rings. The van der Waals surface area contributed by atoms with Crippen LogP contribution in [0, 0.1) is 20.8 Å². The first-order valence-corrected chi connectivity index (χ1v) is 11.9. The summed E-state index contributed by atoms with van der Waals surface area (Å²) in [6, 6.07) is 11.5. The van der Waals surface area contributed by atoms with Crippen molar-refractivity contribution in [3.63, 3.8) is 0 Å². The Morgan fingerprint density at radius 1 is 1.00 bits per heavy atom. The van der Waals surface area contributed by atoms with E-state index in [1.165, 1.54) is 19.1 Å². The van der Waals surface area contributed by atoms with Gasteiger partial charge in [0.25, 0.3) is 15.6 Å². The number of amides is 1. The highest BCUT2D eigenvalue weighted by Gasteiger charge is 2.32. The van der Waals surface area contributed by atoms with Crippen LogP contribution in [0.2, 0.25) is 0 Å². The number of hydrogen-bond donors (Lipinski definition) is 3. The molecule has 3 aromatic rings. The molecule has 2 aromatic carbocycles. The second-order valence-electron chi connectivity index (χ2n) is 7.73. The van der Waals surface area contributed by atoms with Gasteiger partial charge in [0.05, 0.1) is 12.3 Å². The highest BCUT2D eigenvalue weighted by molar-refractivity contribution is 7.92. The van der Waals surface area contributed by atoms with Crippen LogP contribution in [-0.2, 0) is 14.8 Å². The number of nitrogens with zero attached hydrogens (tertiary/aromatic N) is 1. The number of ether oxygens (including phenoxy) is 1. The second-order valence-corrected chi connectivity index (χ2v) is 9.52. The summed E-state index contributed by atoms with van der Waals surface area (Å²) < 4.78 is 33.3. The lowest BCUT2D eigenvalue weighted by atomic mass is 10.1. The predicted molar refractivity (Wildman–Crippen MR) is 129 cm³/mol. The minimum absolute atomic E-state index is 0.139. The summed E-state index contributed by atoms with van der Waals surface area (Å²) in [5.41, 5.74) is 0.477. The van der Waals surface area contributed by atoms with Crippen LogP contribution in [-0.4, -0.2) is 37.4 Å². The molecule has 0 atom stereocenters. The van der Waals surface area contributed by atoms with E-state index in [0.29, 0.717) is 18.0 Å². The molecule has 0 saturated heterocycles. The van der Waals surface area contributed by atoms with Crippen molar-refractivity contribution < 1.29 is 17.9 Å². The van der Waals surface area contributed by atoms with Gasteiger partial charge in [-0.05, 0) is 75.2 Å². The molecule has 1 amide bonds. The molecule has 10 nitrogen and oxygen atoms in total. The lowest BCUT2D eigenvalue weighted by Crippen LogP contribution is -2.42. The van der Waals surface area contributed by atoms with E-state index in [1.807, 2.05) is 31.8 Å². The zero-order chi connectivity index (χ0) is 25.0. The number of benzene rings is 2. The third-order valence-electron chi connectivity index (χ3n) is 4.85. The first-order valence-electron chi connectivity index (χ1n) is 10.5. The fraction of sp³-hybridized carbons (Fsp3) is 0.261. The number of rotatable bonds is 8. The zero-order valence-electron chi connectivity index (χ0n) is 19.3. The van der Waals surface area contributed by atoms with Gasteiger partial charge in [-0.15, -0.1) is 0 Å². The Hall–Kier alpha value is -3.86. The molecule has 180 valence electrons. The quantitative estimate of drug-likeness (QED) is 0.446.